The molecule has 0 saturated carbocycles. The van der Waals surface area contributed by atoms with Crippen molar-refractivity contribution in [3.63, 3.8) is 0 Å². The van der Waals surface area contributed by atoms with Gasteiger partial charge in [-0.1, -0.05) is 47.7 Å². The minimum absolute atomic E-state index is 0.0263. The molecule has 24 heteroatoms. The van der Waals surface area contributed by atoms with Crippen molar-refractivity contribution in [2.24, 2.45) is 0 Å². The number of aromatic amines is 1. The largest absolute Gasteiger partial charge is 0.386 e. The molecule has 1 aromatic carbocycles. The first-order chi connectivity index (χ1) is 21.7. The van der Waals surface area contributed by atoms with Crippen molar-refractivity contribution in [3.05, 3.63) is 45.2 Å². The van der Waals surface area contributed by atoms with E-state index in [9.17, 15) is 24.1 Å². The van der Waals surface area contributed by atoms with Crippen LogP contribution in [0.3, 0.4) is 0 Å². The van der Waals surface area contributed by atoms with Gasteiger partial charge in [0.1, 0.15) is 36.6 Å². The highest BCUT2D eigenvalue weighted by molar-refractivity contribution is 8.44. The Bertz CT molecular complexity index is 2000. The van der Waals surface area contributed by atoms with Crippen molar-refractivity contribution in [1.29, 1.82) is 0 Å². The van der Waals surface area contributed by atoms with Crippen molar-refractivity contribution in [2.45, 2.75) is 49.1 Å². The van der Waals surface area contributed by atoms with Gasteiger partial charge in [-0.05, 0) is 12.1 Å². The second-order valence-corrected chi connectivity index (χ2v) is 17.0. The van der Waals surface area contributed by atoms with E-state index < -0.39 is 81.4 Å². The number of nitrogen functional groups attached to an aromatic ring is 1. The summed E-state index contributed by atoms with van der Waals surface area (Å²) in [5.74, 6) is -0.217. The standard InChI is InChI=1S/C22H23Cl2N7O11P2S2/c23-7-1-9-10(2-8(7)24)30(5-26-9)20-14(32)16-11(39-20)3-37-44(36,46)42-17-12(4-38-43(35,45)41-16)40-21(15(17)33)31-6-27-13-18(31)28-22(25)29-19(13)34/h1-2,5-6,11-12,14-17,20-21,32-33H,3-4H2,(H,35,45)(H,36,46)(H3,25,28,29,34). The molecule has 0 spiro atoms. The number of fused-ring (bicyclic) bond motifs is 4. The predicted octanol–water partition coefficient (Wildman–Crippen LogP) is 2.47. The van der Waals surface area contributed by atoms with Crippen LogP contribution in [-0.4, -0.2) is 89.1 Å². The summed E-state index contributed by atoms with van der Waals surface area (Å²) in [5, 5.41) is 23.1. The zero-order chi connectivity index (χ0) is 32.7. The molecule has 3 saturated heterocycles. The van der Waals surface area contributed by atoms with E-state index in [0.29, 0.717) is 11.0 Å². The number of halogens is 2. The van der Waals surface area contributed by atoms with E-state index in [-0.39, 0.29) is 27.2 Å². The van der Waals surface area contributed by atoms with Crippen LogP contribution < -0.4 is 11.3 Å². The molecule has 248 valence electrons. The molecular weight excluding hydrogens is 735 g/mol. The molecule has 6 heterocycles. The van der Waals surface area contributed by atoms with Crippen LogP contribution >= 0.6 is 61.3 Å². The lowest BCUT2D eigenvalue weighted by Gasteiger charge is -2.28. The minimum atomic E-state index is -4.32. The quantitative estimate of drug-likeness (QED) is 0.127. The summed E-state index contributed by atoms with van der Waals surface area (Å²) < 4.78 is 63.9. The fourth-order valence-electron chi connectivity index (χ4n) is 5.49. The molecule has 7 rings (SSSR count). The van der Waals surface area contributed by atoms with Crippen molar-refractivity contribution in [3.8, 4) is 0 Å². The molecule has 3 aliphatic rings. The number of nitrogens with one attached hydrogen (secondary N) is 1. The van der Waals surface area contributed by atoms with Crippen LogP contribution in [-0.2, 0) is 36.7 Å². The lowest BCUT2D eigenvalue weighted by atomic mass is 10.1. The molecule has 3 aliphatic heterocycles. The van der Waals surface area contributed by atoms with Crippen LogP contribution in [0.1, 0.15) is 12.5 Å². The highest BCUT2D eigenvalue weighted by Crippen LogP contribution is 2.60. The fourth-order valence-corrected chi connectivity index (χ4v) is 8.78. The summed E-state index contributed by atoms with van der Waals surface area (Å²) in [6.07, 6.45) is -8.39. The van der Waals surface area contributed by atoms with Crippen molar-refractivity contribution in [1.82, 2.24) is 29.1 Å². The molecule has 5 N–H and O–H groups in total. The third-order valence-corrected chi connectivity index (χ3v) is 11.5. The van der Waals surface area contributed by atoms with Crippen LogP contribution in [0, 0.1) is 0 Å². The maximum Gasteiger partial charge on any atom is 0.386 e. The number of anilines is 1. The number of aliphatic hydroxyl groups is 2. The summed E-state index contributed by atoms with van der Waals surface area (Å²) in [4.78, 5) is 26.9. The summed E-state index contributed by atoms with van der Waals surface area (Å²) in [7, 11) is 0. The maximum absolute atomic E-state index is 13.5. The number of imidazole rings is 2. The number of H-pyrrole nitrogens is 1. The Morgan fingerprint density at radius 3 is 2.07 bits per heavy atom. The van der Waals surface area contributed by atoms with E-state index in [2.05, 4.69) is 44.4 Å². The second-order valence-electron chi connectivity index (χ2n) is 10.5. The Morgan fingerprint density at radius 2 is 1.46 bits per heavy atom. The van der Waals surface area contributed by atoms with E-state index >= 15 is 0 Å². The maximum atomic E-state index is 13.5. The van der Waals surface area contributed by atoms with Gasteiger partial charge in [-0.2, -0.15) is 4.98 Å². The molecule has 3 aromatic heterocycles. The van der Waals surface area contributed by atoms with Crippen molar-refractivity contribution >= 4 is 89.4 Å². The second kappa shape index (κ2) is 12.0. The third-order valence-electron chi connectivity index (χ3n) is 7.55. The van der Waals surface area contributed by atoms with E-state index in [1.54, 1.807) is 0 Å². The Hall–Kier alpha value is -1.74. The highest BCUT2D eigenvalue weighted by Gasteiger charge is 2.53. The number of nitrogens with two attached hydrogens (primary N) is 1. The molecule has 10 unspecified atom stereocenters. The van der Waals surface area contributed by atoms with Gasteiger partial charge < -0.3 is 30.0 Å². The van der Waals surface area contributed by atoms with E-state index in [4.69, 9.17) is 56.5 Å². The smallest absolute Gasteiger partial charge is 0.386 e. The summed E-state index contributed by atoms with van der Waals surface area (Å²) in [5.41, 5.74) is 5.83. The average Bonchev–Trinajstić information content (AvgIpc) is 3.72. The Kier molecular flexibility index (Phi) is 8.55. The topological polar surface area (TPSA) is 237 Å². The monoisotopic (exact) mass is 757 g/mol. The minimum Gasteiger partial charge on any atom is -0.386 e. The molecule has 4 aromatic rings. The zero-order valence-electron chi connectivity index (χ0n) is 22.8. The zero-order valence-corrected chi connectivity index (χ0v) is 27.9. The fraction of sp³-hybridized carbons (Fsp3) is 0.455. The number of aromatic nitrogens is 6. The lowest BCUT2D eigenvalue weighted by Crippen LogP contribution is -2.38. The Morgan fingerprint density at radius 1 is 0.913 bits per heavy atom. The molecule has 3 fully saturated rings. The third kappa shape index (κ3) is 5.92. The van der Waals surface area contributed by atoms with Crippen LogP contribution in [0.4, 0.5) is 5.95 Å². The van der Waals surface area contributed by atoms with Crippen LogP contribution in [0.25, 0.3) is 22.2 Å². The van der Waals surface area contributed by atoms with Gasteiger partial charge in [0.25, 0.3) is 5.56 Å². The van der Waals surface area contributed by atoms with Crippen LogP contribution in [0.5, 0.6) is 0 Å². The number of ether oxygens (including phenoxy) is 2. The van der Waals surface area contributed by atoms with Gasteiger partial charge in [0, 0.05) is 0 Å². The predicted molar refractivity (Wildman–Crippen MR) is 167 cm³/mol. The van der Waals surface area contributed by atoms with Crippen molar-refractivity contribution in [2.75, 3.05) is 18.9 Å². The van der Waals surface area contributed by atoms with Crippen molar-refractivity contribution < 1.29 is 46.9 Å². The van der Waals surface area contributed by atoms with Crippen LogP contribution in [0.2, 0.25) is 10.0 Å². The molecule has 46 heavy (non-hydrogen) atoms. The van der Waals surface area contributed by atoms with Gasteiger partial charge in [-0.3, -0.25) is 32.4 Å². The first kappa shape index (κ1) is 32.8. The summed E-state index contributed by atoms with van der Waals surface area (Å²) >= 11 is 20.4. The number of nitrogens with zero attached hydrogens (tertiary/aromatic N) is 5. The molecule has 18 nitrogen and oxygen atoms in total. The number of hydrogen-bond donors (Lipinski definition) is 6. The summed E-state index contributed by atoms with van der Waals surface area (Å²) in [6.45, 7) is -9.76. The van der Waals surface area contributed by atoms with Gasteiger partial charge in [-0.15, -0.1) is 0 Å². The SMILES string of the molecule is Nc1nc2c(ncn2C2OC3COP(=O)(S)OC4C(COP(=O)(S)OC3C2O)OC(n2cnc3cc(Cl)c(Cl)cc32)C4O)c(=O)[nH]1. The molecule has 0 bridgehead atoms. The molecule has 10 atom stereocenters. The normalized spacial score (nSPS) is 37.2. The lowest BCUT2D eigenvalue weighted by molar-refractivity contribution is -0.0560. The number of benzene rings is 1. The van der Waals surface area contributed by atoms with Gasteiger partial charge in [0.2, 0.25) is 5.95 Å². The van der Waals surface area contributed by atoms with Gasteiger partial charge in [-0.25, -0.2) is 19.1 Å². The van der Waals surface area contributed by atoms with E-state index in [0.717, 1.165) is 0 Å². The first-order valence-electron chi connectivity index (χ1n) is 13.2. The van der Waals surface area contributed by atoms with Gasteiger partial charge in [0.05, 0.1) is 46.9 Å². The number of hydrogen-bond acceptors (Lipinski definition) is 15. The Labute approximate surface area is 277 Å². The summed E-state index contributed by atoms with van der Waals surface area (Å²) in [6, 6.07) is 3.06. The number of rotatable bonds is 2. The molecule has 0 aliphatic carbocycles. The average molecular weight is 758 g/mol. The first-order valence-corrected chi connectivity index (χ1v) is 19.4. The molecular formula is C22H23Cl2N7O11P2S2. The van der Waals surface area contributed by atoms with E-state index in [1.165, 1.54) is 33.9 Å². The van der Waals surface area contributed by atoms with Crippen LogP contribution in [0.15, 0.2) is 29.6 Å². The van der Waals surface area contributed by atoms with Gasteiger partial charge >= 0.3 is 13.6 Å². The van der Waals surface area contributed by atoms with Gasteiger partial charge in [0.15, 0.2) is 23.6 Å². The molecule has 0 radical (unpaired) electrons. The highest BCUT2D eigenvalue weighted by atomic mass is 35.5. The number of thiol groups is 2. The molecule has 0 amide bonds. The van der Waals surface area contributed by atoms with E-state index in [1.807, 2.05) is 0 Å². The number of aliphatic hydroxyl groups excluding tert-OH is 2. The Balaban J connectivity index is 1.17.